The van der Waals surface area contributed by atoms with Gasteiger partial charge in [0.25, 0.3) is 0 Å². The van der Waals surface area contributed by atoms with Gasteiger partial charge in [0, 0.05) is 17.1 Å². The lowest BCUT2D eigenvalue weighted by Gasteiger charge is -2.02. The number of hydrogen-bond acceptors (Lipinski definition) is 3. The number of azide groups is 1. The maximum atomic E-state index is 11.0. The first kappa shape index (κ1) is 12.6. The number of carbonyl (C=O) groups is 1. The number of aromatic carboxylic acids is 1. The Hall–Kier alpha value is -2.46. The fraction of sp³-hybridized carbons (Fsp3) is 0.182. The fourth-order valence-electron chi connectivity index (χ4n) is 1.29. The molecule has 88 valence electrons. The van der Waals surface area contributed by atoms with Crippen molar-refractivity contribution in [2.45, 2.75) is 6.42 Å². The average Bonchev–Trinajstić information content (AvgIpc) is 2.30. The van der Waals surface area contributed by atoms with E-state index in [0.29, 0.717) is 24.2 Å². The molecule has 0 saturated heterocycles. The van der Waals surface area contributed by atoms with E-state index in [1.165, 1.54) is 6.07 Å². The number of nitrogen functional groups attached to an aromatic ring is 1. The molecule has 0 radical (unpaired) electrons. The Bertz CT molecular complexity index is 490. The van der Waals surface area contributed by atoms with Gasteiger partial charge in [0.05, 0.1) is 5.56 Å². The zero-order valence-electron chi connectivity index (χ0n) is 9.08. The molecule has 6 nitrogen and oxygen atoms in total. The SMILES string of the molecule is [N-]=[N+]=NCCC=Cc1ccc(N)cc1C(=O)O. The highest BCUT2D eigenvalue weighted by molar-refractivity contribution is 5.93. The van der Waals surface area contributed by atoms with Crippen molar-refractivity contribution in [3.8, 4) is 0 Å². The van der Waals surface area contributed by atoms with Crippen molar-refractivity contribution in [3.63, 3.8) is 0 Å². The van der Waals surface area contributed by atoms with E-state index in [2.05, 4.69) is 10.0 Å². The molecule has 0 heterocycles. The molecule has 0 bridgehead atoms. The Balaban J connectivity index is 2.83. The smallest absolute Gasteiger partial charge is 0.336 e. The molecule has 1 rings (SSSR count). The van der Waals surface area contributed by atoms with E-state index >= 15 is 0 Å². The van der Waals surface area contributed by atoms with Crippen LogP contribution < -0.4 is 5.73 Å². The molecular formula is C11H12N4O2. The molecule has 6 heteroatoms. The summed E-state index contributed by atoms with van der Waals surface area (Å²) >= 11 is 0. The van der Waals surface area contributed by atoms with E-state index in [1.54, 1.807) is 24.3 Å². The van der Waals surface area contributed by atoms with Crippen LogP contribution in [0.4, 0.5) is 5.69 Å². The number of anilines is 1. The van der Waals surface area contributed by atoms with Crippen molar-refractivity contribution in [2.24, 2.45) is 5.11 Å². The molecule has 0 saturated carbocycles. The Labute approximate surface area is 98.0 Å². The molecule has 0 unspecified atom stereocenters. The zero-order chi connectivity index (χ0) is 12.7. The van der Waals surface area contributed by atoms with Crippen molar-refractivity contribution < 1.29 is 9.90 Å². The number of rotatable bonds is 5. The monoisotopic (exact) mass is 232 g/mol. The number of benzene rings is 1. The van der Waals surface area contributed by atoms with Gasteiger partial charge in [-0.15, -0.1) is 0 Å². The molecule has 0 spiro atoms. The number of carboxylic acid groups (broad SMARTS) is 1. The maximum Gasteiger partial charge on any atom is 0.336 e. The predicted molar refractivity (Wildman–Crippen MR) is 65.5 cm³/mol. The summed E-state index contributed by atoms with van der Waals surface area (Å²) in [7, 11) is 0. The molecule has 0 aromatic heterocycles. The van der Waals surface area contributed by atoms with E-state index in [1.807, 2.05) is 0 Å². The van der Waals surface area contributed by atoms with Gasteiger partial charge in [-0.2, -0.15) is 0 Å². The number of nitrogens with zero attached hydrogens (tertiary/aromatic N) is 3. The van der Waals surface area contributed by atoms with Gasteiger partial charge in [-0.1, -0.05) is 23.3 Å². The summed E-state index contributed by atoms with van der Waals surface area (Å²) in [5.74, 6) is -1.02. The fourth-order valence-corrected chi connectivity index (χ4v) is 1.29. The van der Waals surface area contributed by atoms with Crippen LogP contribution in [-0.2, 0) is 0 Å². The lowest BCUT2D eigenvalue weighted by atomic mass is 10.1. The van der Waals surface area contributed by atoms with E-state index < -0.39 is 5.97 Å². The van der Waals surface area contributed by atoms with Crippen LogP contribution in [0.1, 0.15) is 22.3 Å². The molecule has 0 aliphatic heterocycles. The number of hydrogen-bond donors (Lipinski definition) is 2. The number of nitrogens with two attached hydrogens (primary N) is 1. The predicted octanol–water partition coefficient (Wildman–Crippen LogP) is 2.68. The van der Waals surface area contributed by atoms with Gasteiger partial charge in [0.15, 0.2) is 0 Å². The second-order valence-electron chi connectivity index (χ2n) is 3.30. The minimum Gasteiger partial charge on any atom is -0.478 e. The molecular weight excluding hydrogens is 220 g/mol. The van der Waals surface area contributed by atoms with Crippen molar-refractivity contribution in [1.29, 1.82) is 0 Å². The third kappa shape index (κ3) is 3.89. The largest absolute Gasteiger partial charge is 0.478 e. The van der Waals surface area contributed by atoms with Gasteiger partial charge >= 0.3 is 5.97 Å². The molecule has 0 atom stereocenters. The summed E-state index contributed by atoms with van der Waals surface area (Å²) in [5, 5.41) is 12.3. The van der Waals surface area contributed by atoms with Crippen LogP contribution >= 0.6 is 0 Å². The Morgan fingerprint density at radius 2 is 2.35 bits per heavy atom. The quantitative estimate of drug-likeness (QED) is 0.267. The van der Waals surface area contributed by atoms with Crippen LogP contribution in [0, 0.1) is 0 Å². The Morgan fingerprint density at radius 3 is 3.00 bits per heavy atom. The Kier molecular flexibility index (Phi) is 4.59. The number of carboxylic acids is 1. The van der Waals surface area contributed by atoms with E-state index in [4.69, 9.17) is 16.4 Å². The minimum absolute atomic E-state index is 0.157. The van der Waals surface area contributed by atoms with Crippen molar-refractivity contribution in [2.75, 3.05) is 12.3 Å². The van der Waals surface area contributed by atoms with Crippen LogP contribution in [-0.4, -0.2) is 17.6 Å². The van der Waals surface area contributed by atoms with Crippen LogP contribution in [0.25, 0.3) is 16.5 Å². The van der Waals surface area contributed by atoms with Crippen LogP contribution in [0.3, 0.4) is 0 Å². The van der Waals surface area contributed by atoms with E-state index in [9.17, 15) is 4.79 Å². The molecule has 1 aromatic carbocycles. The molecule has 0 aliphatic carbocycles. The van der Waals surface area contributed by atoms with Gasteiger partial charge in [0.2, 0.25) is 0 Å². The summed E-state index contributed by atoms with van der Waals surface area (Å²) in [4.78, 5) is 13.6. The Morgan fingerprint density at radius 1 is 1.59 bits per heavy atom. The highest BCUT2D eigenvalue weighted by atomic mass is 16.4. The third-order valence-corrected chi connectivity index (χ3v) is 2.06. The van der Waals surface area contributed by atoms with Gasteiger partial charge in [0.1, 0.15) is 0 Å². The highest BCUT2D eigenvalue weighted by Crippen LogP contribution is 2.15. The van der Waals surface area contributed by atoms with Crippen LogP contribution in [0.15, 0.2) is 29.4 Å². The molecule has 0 amide bonds. The average molecular weight is 232 g/mol. The standard InChI is InChI=1S/C11H12N4O2/c12-9-5-4-8(10(7-9)11(16)17)3-1-2-6-14-15-13/h1,3-5,7H,2,6,12H2,(H,16,17). The summed E-state index contributed by atoms with van der Waals surface area (Å²) in [6.07, 6.45) is 4.00. The first-order chi connectivity index (χ1) is 8.15. The van der Waals surface area contributed by atoms with Gasteiger partial charge in [-0.05, 0) is 29.6 Å². The van der Waals surface area contributed by atoms with Gasteiger partial charge in [-0.3, -0.25) is 0 Å². The zero-order valence-corrected chi connectivity index (χ0v) is 9.08. The first-order valence-electron chi connectivity index (χ1n) is 4.95. The lowest BCUT2D eigenvalue weighted by Crippen LogP contribution is -2.00. The molecule has 3 N–H and O–H groups in total. The van der Waals surface area contributed by atoms with Crippen LogP contribution in [0.5, 0.6) is 0 Å². The summed E-state index contributed by atoms with van der Waals surface area (Å²) in [5.41, 5.74) is 14.7. The van der Waals surface area contributed by atoms with Crippen molar-refractivity contribution in [1.82, 2.24) is 0 Å². The molecule has 17 heavy (non-hydrogen) atoms. The summed E-state index contributed by atoms with van der Waals surface area (Å²) in [6, 6.07) is 4.69. The topological polar surface area (TPSA) is 112 Å². The van der Waals surface area contributed by atoms with Crippen LogP contribution in [0.2, 0.25) is 0 Å². The third-order valence-electron chi connectivity index (χ3n) is 2.06. The van der Waals surface area contributed by atoms with Crippen molar-refractivity contribution >= 4 is 17.7 Å². The van der Waals surface area contributed by atoms with Gasteiger partial charge in [-0.25, -0.2) is 4.79 Å². The van der Waals surface area contributed by atoms with Crippen molar-refractivity contribution in [3.05, 3.63) is 45.8 Å². The second kappa shape index (κ2) is 6.19. The summed E-state index contributed by atoms with van der Waals surface area (Å²) < 4.78 is 0. The molecule has 0 aliphatic rings. The second-order valence-corrected chi connectivity index (χ2v) is 3.30. The normalized spacial score (nSPS) is 10.1. The highest BCUT2D eigenvalue weighted by Gasteiger charge is 2.07. The van der Waals surface area contributed by atoms with Gasteiger partial charge < -0.3 is 10.8 Å². The minimum atomic E-state index is -1.02. The maximum absolute atomic E-state index is 11.0. The van der Waals surface area contributed by atoms with E-state index in [0.717, 1.165) is 0 Å². The molecule has 1 aromatic rings. The van der Waals surface area contributed by atoms with E-state index in [-0.39, 0.29) is 5.56 Å². The molecule has 0 fully saturated rings. The first-order valence-corrected chi connectivity index (χ1v) is 4.95. The lowest BCUT2D eigenvalue weighted by molar-refractivity contribution is 0.0696. The summed E-state index contributed by atoms with van der Waals surface area (Å²) in [6.45, 7) is 0.352.